The van der Waals surface area contributed by atoms with Gasteiger partial charge < -0.3 is 11.5 Å². The van der Waals surface area contributed by atoms with E-state index in [1.807, 2.05) is 6.92 Å². The SMILES string of the molecule is CCC(C(CCC1CCCCC1)N(N)C(N)=O)N(N)C(N)=O. The molecule has 0 aliphatic heterocycles. The first kappa shape index (κ1) is 18.5. The number of carbonyl (C=O) groups is 2. The quantitative estimate of drug-likeness (QED) is 0.315. The van der Waals surface area contributed by atoms with Crippen molar-refractivity contribution in [2.45, 2.75) is 70.4 Å². The smallest absolute Gasteiger partial charge is 0.329 e. The molecule has 128 valence electrons. The Bertz CT molecular complexity index is 372. The van der Waals surface area contributed by atoms with E-state index in [9.17, 15) is 9.59 Å². The van der Waals surface area contributed by atoms with Crippen molar-refractivity contribution in [3.8, 4) is 0 Å². The van der Waals surface area contributed by atoms with Crippen LogP contribution in [0.1, 0.15) is 58.3 Å². The lowest BCUT2D eigenvalue weighted by atomic mass is 9.84. The van der Waals surface area contributed by atoms with Crippen LogP contribution in [0.25, 0.3) is 0 Å². The van der Waals surface area contributed by atoms with E-state index < -0.39 is 24.1 Å². The number of hydrogen-bond donors (Lipinski definition) is 4. The highest BCUT2D eigenvalue weighted by Crippen LogP contribution is 2.29. The molecule has 8 nitrogen and oxygen atoms in total. The molecule has 2 unspecified atom stereocenters. The lowest BCUT2D eigenvalue weighted by molar-refractivity contribution is 0.0996. The van der Waals surface area contributed by atoms with Crippen LogP contribution < -0.4 is 23.2 Å². The fourth-order valence-electron chi connectivity index (χ4n) is 3.38. The third-order valence-corrected chi connectivity index (χ3v) is 4.68. The van der Waals surface area contributed by atoms with Crippen molar-refractivity contribution in [2.24, 2.45) is 29.1 Å². The number of amides is 4. The van der Waals surface area contributed by atoms with Crippen LogP contribution in [0.3, 0.4) is 0 Å². The number of hydrogen-bond acceptors (Lipinski definition) is 4. The molecular weight excluding hydrogens is 284 g/mol. The summed E-state index contributed by atoms with van der Waals surface area (Å²) >= 11 is 0. The number of nitrogens with two attached hydrogens (primary N) is 4. The average Bonchev–Trinajstić information content (AvgIpc) is 2.51. The second-order valence-corrected chi connectivity index (χ2v) is 6.12. The molecule has 0 aromatic heterocycles. The van der Waals surface area contributed by atoms with Gasteiger partial charge in [-0.2, -0.15) is 0 Å². The summed E-state index contributed by atoms with van der Waals surface area (Å²) in [6.07, 6.45) is 8.33. The van der Waals surface area contributed by atoms with Crippen molar-refractivity contribution in [1.82, 2.24) is 10.0 Å². The highest BCUT2D eigenvalue weighted by Gasteiger charge is 2.32. The van der Waals surface area contributed by atoms with Crippen LogP contribution in [0.5, 0.6) is 0 Å². The van der Waals surface area contributed by atoms with E-state index in [0.717, 1.165) is 16.4 Å². The van der Waals surface area contributed by atoms with Gasteiger partial charge in [-0.05, 0) is 25.2 Å². The first-order valence-electron chi connectivity index (χ1n) is 8.05. The summed E-state index contributed by atoms with van der Waals surface area (Å²) in [4.78, 5) is 22.8. The normalized spacial score (nSPS) is 18.5. The topological polar surface area (TPSA) is 145 Å². The van der Waals surface area contributed by atoms with Crippen molar-refractivity contribution in [3.05, 3.63) is 0 Å². The molecule has 0 bridgehead atoms. The minimum Gasteiger partial charge on any atom is -0.350 e. The highest BCUT2D eigenvalue weighted by molar-refractivity contribution is 5.73. The van der Waals surface area contributed by atoms with Gasteiger partial charge in [-0.3, -0.25) is 10.0 Å². The fraction of sp³-hybridized carbons (Fsp3) is 0.857. The average molecular weight is 314 g/mol. The van der Waals surface area contributed by atoms with E-state index in [1.54, 1.807) is 0 Å². The molecule has 8 heteroatoms. The largest absolute Gasteiger partial charge is 0.350 e. The maximum absolute atomic E-state index is 11.5. The predicted octanol–water partition coefficient (Wildman–Crippen LogP) is 1.00. The zero-order valence-electron chi connectivity index (χ0n) is 13.4. The van der Waals surface area contributed by atoms with Crippen LogP contribution in [-0.2, 0) is 0 Å². The summed E-state index contributed by atoms with van der Waals surface area (Å²) in [5.74, 6) is 12.2. The van der Waals surface area contributed by atoms with E-state index in [0.29, 0.717) is 18.8 Å². The van der Waals surface area contributed by atoms with Crippen molar-refractivity contribution in [3.63, 3.8) is 0 Å². The molecule has 1 saturated carbocycles. The Balaban J connectivity index is 2.76. The third-order valence-electron chi connectivity index (χ3n) is 4.68. The molecule has 2 atom stereocenters. The van der Waals surface area contributed by atoms with Crippen LogP contribution in [0.4, 0.5) is 9.59 Å². The van der Waals surface area contributed by atoms with Gasteiger partial charge in [0.1, 0.15) is 0 Å². The molecule has 0 aromatic rings. The van der Waals surface area contributed by atoms with Crippen molar-refractivity contribution in [2.75, 3.05) is 0 Å². The number of hydrazine groups is 2. The van der Waals surface area contributed by atoms with Crippen LogP contribution in [0.15, 0.2) is 0 Å². The lowest BCUT2D eigenvalue weighted by Gasteiger charge is -2.37. The Hall–Kier alpha value is -1.54. The maximum Gasteiger partial charge on any atom is 0.329 e. The summed E-state index contributed by atoms with van der Waals surface area (Å²) in [6.45, 7) is 1.87. The van der Waals surface area contributed by atoms with Crippen molar-refractivity contribution in [1.29, 1.82) is 0 Å². The third kappa shape index (κ3) is 5.03. The number of carbonyl (C=O) groups excluding carboxylic acids is 2. The maximum atomic E-state index is 11.5. The molecular formula is C14H30N6O2. The summed E-state index contributed by atoms with van der Waals surface area (Å²) in [5, 5.41) is 1.94. The van der Waals surface area contributed by atoms with Gasteiger partial charge in [-0.25, -0.2) is 21.3 Å². The lowest BCUT2D eigenvalue weighted by Crippen LogP contribution is -2.61. The summed E-state index contributed by atoms with van der Waals surface area (Å²) < 4.78 is 0. The predicted molar refractivity (Wildman–Crippen MR) is 84.9 cm³/mol. The first-order chi connectivity index (χ1) is 10.4. The van der Waals surface area contributed by atoms with Crippen LogP contribution in [0, 0.1) is 5.92 Å². The van der Waals surface area contributed by atoms with Gasteiger partial charge in [0.05, 0.1) is 12.1 Å². The molecule has 1 fully saturated rings. The Labute approximate surface area is 132 Å². The Morgan fingerprint density at radius 2 is 1.50 bits per heavy atom. The molecule has 0 spiro atoms. The van der Waals surface area contributed by atoms with Gasteiger partial charge in [0.25, 0.3) is 0 Å². The Kier molecular flexibility index (Phi) is 7.40. The zero-order valence-corrected chi connectivity index (χ0v) is 13.4. The number of primary amides is 2. The number of rotatable bonds is 7. The highest BCUT2D eigenvalue weighted by atomic mass is 16.2. The molecule has 0 aromatic carbocycles. The van der Waals surface area contributed by atoms with Gasteiger partial charge in [-0.1, -0.05) is 39.0 Å². The minimum absolute atomic E-state index is 0.429. The van der Waals surface area contributed by atoms with Gasteiger partial charge in [-0.15, -0.1) is 0 Å². The van der Waals surface area contributed by atoms with Gasteiger partial charge in [0.2, 0.25) is 0 Å². The number of urea groups is 2. The van der Waals surface area contributed by atoms with Crippen LogP contribution in [-0.4, -0.2) is 34.2 Å². The second kappa shape index (κ2) is 8.79. The van der Waals surface area contributed by atoms with Gasteiger partial charge in [0, 0.05) is 0 Å². The fourth-order valence-corrected chi connectivity index (χ4v) is 3.38. The van der Waals surface area contributed by atoms with Crippen LogP contribution >= 0.6 is 0 Å². The molecule has 1 aliphatic rings. The Morgan fingerprint density at radius 1 is 1.00 bits per heavy atom. The first-order valence-corrected chi connectivity index (χ1v) is 8.05. The van der Waals surface area contributed by atoms with E-state index in [4.69, 9.17) is 23.2 Å². The monoisotopic (exact) mass is 314 g/mol. The standard InChI is InChI=1S/C14H30N6O2/c1-2-11(19(17)13(15)21)12(20(18)14(16)22)9-8-10-6-4-3-5-7-10/h10-12H,2-9,17-18H2,1H3,(H2,15,21)(H2,16,22). The van der Waals surface area contributed by atoms with Crippen molar-refractivity contribution >= 4 is 12.1 Å². The van der Waals surface area contributed by atoms with E-state index >= 15 is 0 Å². The van der Waals surface area contributed by atoms with Gasteiger partial charge >= 0.3 is 12.1 Å². The molecule has 0 saturated heterocycles. The second-order valence-electron chi connectivity index (χ2n) is 6.12. The van der Waals surface area contributed by atoms with Crippen molar-refractivity contribution < 1.29 is 9.59 Å². The summed E-state index contributed by atoms with van der Waals surface area (Å²) in [6, 6.07) is -2.35. The molecule has 0 heterocycles. The molecule has 0 radical (unpaired) electrons. The molecule has 8 N–H and O–H groups in total. The molecule has 4 amide bonds. The molecule has 22 heavy (non-hydrogen) atoms. The minimum atomic E-state index is -0.743. The number of nitrogens with zero attached hydrogens (tertiary/aromatic N) is 2. The van der Waals surface area contributed by atoms with Gasteiger partial charge in [0.15, 0.2) is 0 Å². The van der Waals surface area contributed by atoms with E-state index in [1.165, 1.54) is 32.1 Å². The zero-order chi connectivity index (χ0) is 16.7. The molecule has 1 rings (SSSR count). The molecule has 1 aliphatic carbocycles. The Morgan fingerprint density at radius 3 is 1.95 bits per heavy atom. The van der Waals surface area contributed by atoms with E-state index in [-0.39, 0.29) is 0 Å². The summed E-state index contributed by atoms with van der Waals surface area (Å²) in [5.41, 5.74) is 10.6. The summed E-state index contributed by atoms with van der Waals surface area (Å²) in [7, 11) is 0. The van der Waals surface area contributed by atoms with E-state index in [2.05, 4.69) is 0 Å². The van der Waals surface area contributed by atoms with Crippen LogP contribution in [0.2, 0.25) is 0 Å².